The Kier molecular flexibility index (Phi) is 5.27. The van der Waals surface area contributed by atoms with E-state index >= 15 is 0 Å². The Morgan fingerprint density at radius 1 is 1.48 bits per heavy atom. The van der Waals surface area contributed by atoms with Crippen molar-refractivity contribution < 1.29 is 9.53 Å². The van der Waals surface area contributed by atoms with Gasteiger partial charge in [-0.2, -0.15) is 0 Å². The van der Waals surface area contributed by atoms with Crippen molar-refractivity contribution in [2.45, 2.75) is 31.9 Å². The highest BCUT2D eigenvalue weighted by molar-refractivity contribution is 5.81. The molecule has 0 unspecified atom stereocenters. The summed E-state index contributed by atoms with van der Waals surface area (Å²) < 4.78 is 5.59. The van der Waals surface area contributed by atoms with Crippen LogP contribution in [0.1, 0.15) is 19.8 Å². The number of carbonyl (C=O) groups is 1. The molecule has 1 aliphatic rings. The lowest BCUT2D eigenvalue weighted by Gasteiger charge is -2.33. The van der Waals surface area contributed by atoms with Crippen LogP contribution in [0.25, 0.3) is 0 Å². The summed E-state index contributed by atoms with van der Waals surface area (Å²) in [5.74, 6) is 0.752. The summed E-state index contributed by atoms with van der Waals surface area (Å²) in [6, 6.07) is 3.46. The van der Waals surface area contributed by atoms with E-state index in [4.69, 9.17) is 4.74 Å². The molecule has 2 aromatic rings. The van der Waals surface area contributed by atoms with Crippen LogP contribution < -0.4 is 20.5 Å². The number of hydrogen-bond acceptors (Lipinski definition) is 6. The SMILES string of the molecule is C[C@@H](Oc1cccnc1)C(=O)N[C@@H]1CCCN(c2ncc[nH]c2=O)C1. The van der Waals surface area contributed by atoms with Crippen molar-refractivity contribution in [2.24, 2.45) is 0 Å². The van der Waals surface area contributed by atoms with E-state index in [0.717, 1.165) is 19.4 Å². The minimum absolute atomic E-state index is 0.0531. The highest BCUT2D eigenvalue weighted by Gasteiger charge is 2.25. The molecule has 3 heterocycles. The maximum atomic E-state index is 12.4. The van der Waals surface area contributed by atoms with Gasteiger partial charge in [-0.25, -0.2) is 4.98 Å². The predicted octanol–water partition coefficient (Wildman–Crippen LogP) is 0.717. The number of rotatable bonds is 5. The molecule has 1 fully saturated rings. The highest BCUT2D eigenvalue weighted by atomic mass is 16.5. The second-order valence-electron chi connectivity index (χ2n) is 5.98. The van der Waals surface area contributed by atoms with E-state index in [1.165, 1.54) is 6.20 Å². The van der Waals surface area contributed by atoms with Crippen molar-refractivity contribution in [1.82, 2.24) is 20.3 Å². The number of ether oxygens (including phenoxy) is 1. The van der Waals surface area contributed by atoms with Gasteiger partial charge < -0.3 is 19.9 Å². The van der Waals surface area contributed by atoms with E-state index in [9.17, 15) is 9.59 Å². The molecule has 132 valence electrons. The third-order valence-electron chi connectivity index (χ3n) is 4.07. The Bertz CT molecular complexity index is 764. The number of aromatic nitrogens is 3. The molecule has 8 nitrogen and oxygen atoms in total. The van der Waals surface area contributed by atoms with E-state index in [1.54, 1.807) is 37.6 Å². The van der Waals surface area contributed by atoms with Gasteiger partial charge in [-0.1, -0.05) is 0 Å². The topological polar surface area (TPSA) is 100 Å². The molecule has 2 N–H and O–H groups in total. The molecule has 3 rings (SSSR count). The van der Waals surface area contributed by atoms with E-state index in [2.05, 4.69) is 20.3 Å². The summed E-state index contributed by atoms with van der Waals surface area (Å²) in [5.41, 5.74) is -0.220. The number of pyridine rings is 1. The monoisotopic (exact) mass is 343 g/mol. The second kappa shape index (κ2) is 7.78. The van der Waals surface area contributed by atoms with Crippen molar-refractivity contribution in [3.8, 4) is 5.75 Å². The van der Waals surface area contributed by atoms with Crippen LogP contribution in [-0.2, 0) is 4.79 Å². The summed E-state index contributed by atoms with van der Waals surface area (Å²) in [4.78, 5) is 36.9. The van der Waals surface area contributed by atoms with Gasteiger partial charge in [-0.15, -0.1) is 0 Å². The van der Waals surface area contributed by atoms with E-state index in [0.29, 0.717) is 18.1 Å². The number of nitrogens with one attached hydrogen (secondary N) is 2. The number of amides is 1. The van der Waals surface area contributed by atoms with Crippen molar-refractivity contribution in [3.05, 3.63) is 47.3 Å². The third-order valence-corrected chi connectivity index (χ3v) is 4.07. The van der Waals surface area contributed by atoms with Gasteiger partial charge in [-0.3, -0.25) is 14.6 Å². The first-order valence-electron chi connectivity index (χ1n) is 8.29. The zero-order valence-corrected chi connectivity index (χ0v) is 14.0. The molecule has 8 heteroatoms. The Labute approximate surface area is 145 Å². The van der Waals surface area contributed by atoms with Gasteiger partial charge >= 0.3 is 0 Å². The summed E-state index contributed by atoms with van der Waals surface area (Å²) in [6.45, 7) is 2.99. The van der Waals surface area contributed by atoms with Gasteiger partial charge in [-0.05, 0) is 31.9 Å². The minimum atomic E-state index is -0.627. The molecule has 1 saturated heterocycles. The van der Waals surface area contributed by atoms with Crippen molar-refractivity contribution in [2.75, 3.05) is 18.0 Å². The minimum Gasteiger partial charge on any atom is -0.479 e. The van der Waals surface area contributed by atoms with E-state index in [1.807, 2.05) is 4.90 Å². The lowest BCUT2D eigenvalue weighted by molar-refractivity contribution is -0.128. The largest absolute Gasteiger partial charge is 0.479 e. The van der Waals surface area contributed by atoms with Gasteiger partial charge in [0, 0.05) is 37.7 Å². The van der Waals surface area contributed by atoms with Gasteiger partial charge in [0.1, 0.15) is 5.75 Å². The number of nitrogens with zero attached hydrogens (tertiary/aromatic N) is 3. The zero-order chi connectivity index (χ0) is 17.6. The summed E-state index contributed by atoms with van der Waals surface area (Å²) in [7, 11) is 0. The molecule has 0 saturated carbocycles. The summed E-state index contributed by atoms with van der Waals surface area (Å²) >= 11 is 0. The summed E-state index contributed by atoms with van der Waals surface area (Å²) in [5, 5.41) is 2.99. The normalized spacial score (nSPS) is 18.4. The third kappa shape index (κ3) is 4.34. The maximum Gasteiger partial charge on any atom is 0.290 e. The van der Waals surface area contributed by atoms with Crippen LogP contribution in [0, 0.1) is 0 Å². The molecule has 1 amide bonds. The van der Waals surface area contributed by atoms with Gasteiger partial charge in [0.2, 0.25) is 0 Å². The number of anilines is 1. The van der Waals surface area contributed by atoms with Crippen LogP contribution in [0.4, 0.5) is 5.82 Å². The zero-order valence-electron chi connectivity index (χ0n) is 14.0. The number of H-pyrrole nitrogens is 1. The molecule has 0 radical (unpaired) electrons. The molecule has 1 aliphatic heterocycles. The van der Waals surface area contributed by atoms with Crippen LogP contribution in [0.3, 0.4) is 0 Å². The molecule has 0 spiro atoms. The van der Waals surface area contributed by atoms with Crippen LogP contribution in [0.5, 0.6) is 5.75 Å². The second-order valence-corrected chi connectivity index (χ2v) is 5.98. The van der Waals surface area contributed by atoms with Crippen LogP contribution in [-0.4, -0.2) is 46.1 Å². The van der Waals surface area contributed by atoms with Gasteiger partial charge in [0.15, 0.2) is 11.9 Å². The molecule has 2 aromatic heterocycles. The number of aromatic amines is 1. The average Bonchev–Trinajstić information content (AvgIpc) is 2.63. The fourth-order valence-corrected chi connectivity index (χ4v) is 2.85. The Morgan fingerprint density at radius 2 is 2.36 bits per heavy atom. The maximum absolute atomic E-state index is 12.4. The lowest BCUT2D eigenvalue weighted by atomic mass is 10.1. The first-order chi connectivity index (χ1) is 12.1. The van der Waals surface area contributed by atoms with E-state index < -0.39 is 6.10 Å². The molecule has 0 aliphatic carbocycles. The number of carbonyl (C=O) groups excluding carboxylic acids is 1. The number of hydrogen-bond donors (Lipinski definition) is 2. The smallest absolute Gasteiger partial charge is 0.290 e. The Balaban J connectivity index is 1.58. The van der Waals surface area contributed by atoms with Crippen LogP contribution in [0.2, 0.25) is 0 Å². The van der Waals surface area contributed by atoms with Crippen LogP contribution in [0.15, 0.2) is 41.7 Å². The van der Waals surface area contributed by atoms with Crippen molar-refractivity contribution >= 4 is 11.7 Å². The lowest BCUT2D eigenvalue weighted by Crippen LogP contribution is -2.51. The molecular formula is C17H21N5O3. The molecule has 25 heavy (non-hydrogen) atoms. The molecular weight excluding hydrogens is 322 g/mol. The van der Waals surface area contributed by atoms with E-state index in [-0.39, 0.29) is 17.5 Å². The predicted molar refractivity (Wildman–Crippen MR) is 92.6 cm³/mol. The average molecular weight is 343 g/mol. The quantitative estimate of drug-likeness (QED) is 0.830. The first kappa shape index (κ1) is 16.9. The first-order valence-corrected chi connectivity index (χ1v) is 8.29. The highest BCUT2D eigenvalue weighted by Crippen LogP contribution is 2.15. The van der Waals surface area contributed by atoms with Crippen LogP contribution >= 0.6 is 0 Å². The fraction of sp³-hybridized carbons (Fsp3) is 0.412. The molecule has 0 bridgehead atoms. The van der Waals surface area contributed by atoms with Crippen molar-refractivity contribution in [3.63, 3.8) is 0 Å². The summed E-state index contributed by atoms with van der Waals surface area (Å²) in [6.07, 6.45) is 7.38. The van der Waals surface area contributed by atoms with Crippen molar-refractivity contribution in [1.29, 1.82) is 0 Å². The number of piperidine rings is 1. The van der Waals surface area contributed by atoms with Gasteiger partial charge in [0.05, 0.1) is 6.20 Å². The fourth-order valence-electron chi connectivity index (χ4n) is 2.85. The standard InChI is InChI=1S/C17H21N5O3/c1-12(25-14-5-2-6-18-10-14)16(23)21-13-4-3-9-22(11-13)15-17(24)20-8-7-19-15/h2,5-8,10,12-13H,3-4,9,11H2,1H3,(H,20,24)(H,21,23)/t12-,13-/m1/s1. The molecule has 0 aromatic carbocycles. The Morgan fingerprint density at radius 3 is 3.12 bits per heavy atom. The molecule has 2 atom stereocenters. The Hall–Kier alpha value is -2.90. The van der Waals surface area contributed by atoms with Gasteiger partial charge in [0.25, 0.3) is 11.5 Å².